The summed E-state index contributed by atoms with van der Waals surface area (Å²) < 4.78 is 0.695. The third-order valence-corrected chi connectivity index (χ3v) is 2.80. The summed E-state index contributed by atoms with van der Waals surface area (Å²) in [5, 5.41) is 14.2. The van der Waals surface area contributed by atoms with E-state index in [9.17, 15) is 9.59 Å². The predicted molar refractivity (Wildman–Crippen MR) is 76.7 cm³/mol. The van der Waals surface area contributed by atoms with Gasteiger partial charge in [0.15, 0.2) is 0 Å². The van der Waals surface area contributed by atoms with E-state index in [-0.39, 0.29) is 11.3 Å². The fraction of sp³-hybridized carbons (Fsp3) is 0.333. The molecule has 3 N–H and O–H groups in total. The minimum Gasteiger partial charge on any atom is -0.478 e. The first-order chi connectivity index (χ1) is 8.90. The van der Waals surface area contributed by atoms with Crippen LogP contribution in [0.4, 0.5) is 10.5 Å². The Hall–Kier alpha value is -1.60. The van der Waals surface area contributed by atoms with Crippen LogP contribution in [0.1, 0.15) is 10.4 Å². The van der Waals surface area contributed by atoms with Crippen molar-refractivity contribution in [1.82, 2.24) is 10.2 Å². The lowest BCUT2D eigenvalue weighted by Gasteiger charge is -2.12. The monoisotopic (exact) mass is 329 g/mol. The van der Waals surface area contributed by atoms with Gasteiger partial charge in [0.1, 0.15) is 0 Å². The SMILES string of the molecule is CN(C)CCNC(=O)Nc1cc(Br)ccc1C(=O)O. The molecule has 0 atom stereocenters. The zero-order chi connectivity index (χ0) is 14.4. The summed E-state index contributed by atoms with van der Waals surface area (Å²) in [6.45, 7) is 1.19. The lowest BCUT2D eigenvalue weighted by atomic mass is 10.2. The van der Waals surface area contributed by atoms with Crippen molar-refractivity contribution >= 4 is 33.6 Å². The highest BCUT2D eigenvalue weighted by Gasteiger charge is 2.12. The van der Waals surface area contributed by atoms with E-state index in [4.69, 9.17) is 5.11 Å². The number of anilines is 1. The molecule has 0 aromatic heterocycles. The molecular weight excluding hydrogens is 314 g/mol. The molecule has 0 bridgehead atoms. The van der Waals surface area contributed by atoms with Gasteiger partial charge in [0.25, 0.3) is 0 Å². The van der Waals surface area contributed by atoms with E-state index in [0.717, 1.165) is 0 Å². The molecule has 0 aliphatic rings. The van der Waals surface area contributed by atoms with Crippen molar-refractivity contribution in [2.75, 3.05) is 32.5 Å². The number of carbonyl (C=O) groups excluding carboxylic acids is 1. The first kappa shape index (κ1) is 15.5. The second-order valence-electron chi connectivity index (χ2n) is 4.18. The van der Waals surface area contributed by atoms with Gasteiger partial charge in [0.05, 0.1) is 11.3 Å². The number of nitrogens with one attached hydrogen (secondary N) is 2. The quantitative estimate of drug-likeness (QED) is 0.769. The van der Waals surface area contributed by atoms with Crippen LogP contribution in [0.3, 0.4) is 0 Å². The standard InChI is InChI=1S/C12H16BrN3O3/c1-16(2)6-5-14-12(19)15-10-7-8(13)3-4-9(10)11(17)18/h3-4,7H,5-6H2,1-2H3,(H,17,18)(H2,14,15,19). The average molecular weight is 330 g/mol. The lowest BCUT2D eigenvalue weighted by molar-refractivity contribution is 0.0698. The fourth-order valence-electron chi connectivity index (χ4n) is 1.37. The van der Waals surface area contributed by atoms with E-state index in [1.807, 2.05) is 19.0 Å². The largest absolute Gasteiger partial charge is 0.478 e. The molecule has 0 saturated heterocycles. The van der Waals surface area contributed by atoms with Gasteiger partial charge in [-0.2, -0.15) is 0 Å². The van der Waals surface area contributed by atoms with Crippen molar-refractivity contribution in [3.05, 3.63) is 28.2 Å². The second kappa shape index (κ2) is 7.10. The molecule has 2 amide bonds. The van der Waals surface area contributed by atoms with Crippen molar-refractivity contribution in [1.29, 1.82) is 0 Å². The molecule has 0 aliphatic heterocycles. The number of halogens is 1. The summed E-state index contributed by atoms with van der Waals surface area (Å²) in [5.74, 6) is -1.09. The van der Waals surface area contributed by atoms with Gasteiger partial charge in [-0.25, -0.2) is 9.59 Å². The molecule has 1 rings (SSSR count). The summed E-state index contributed by atoms with van der Waals surface area (Å²) in [6.07, 6.45) is 0. The molecule has 0 heterocycles. The topological polar surface area (TPSA) is 81.7 Å². The molecule has 0 fully saturated rings. The highest BCUT2D eigenvalue weighted by molar-refractivity contribution is 9.10. The van der Waals surface area contributed by atoms with Gasteiger partial charge in [-0.1, -0.05) is 15.9 Å². The number of hydrogen-bond donors (Lipinski definition) is 3. The number of hydrogen-bond acceptors (Lipinski definition) is 3. The van der Waals surface area contributed by atoms with E-state index in [1.165, 1.54) is 6.07 Å². The van der Waals surface area contributed by atoms with Crippen LogP contribution in [0.5, 0.6) is 0 Å². The number of carboxylic acids is 1. The number of aromatic carboxylic acids is 1. The summed E-state index contributed by atoms with van der Waals surface area (Å²) in [4.78, 5) is 24.6. The average Bonchev–Trinajstić information content (AvgIpc) is 2.27. The molecule has 19 heavy (non-hydrogen) atoms. The Kier molecular flexibility index (Phi) is 5.78. The number of nitrogens with zero attached hydrogens (tertiary/aromatic N) is 1. The Bertz CT molecular complexity index is 477. The van der Waals surface area contributed by atoms with E-state index in [1.54, 1.807) is 12.1 Å². The zero-order valence-corrected chi connectivity index (χ0v) is 12.3. The Morgan fingerprint density at radius 3 is 2.63 bits per heavy atom. The lowest BCUT2D eigenvalue weighted by Crippen LogP contribution is -2.34. The number of carboxylic acid groups (broad SMARTS) is 1. The van der Waals surface area contributed by atoms with E-state index in [0.29, 0.717) is 17.6 Å². The number of likely N-dealkylation sites (N-methyl/N-ethyl adjacent to an activating group) is 1. The van der Waals surface area contributed by atoms with Crippen LogP contribution in [0.2, 0.25) is 0 Å². The van der Waals surface area contributed by atoms with Gasteiger partial charge >= 0.3 is 12.0 Å². The third-order valence-electron chi connectivity index (χ3n) is 2.30. The van der Waals surface area contributed by atoms with Crippen molar-refractivity contribution in [3.8, 4) is 0 Å². The highest BCUT2D eigenvalue weighted by Crippen LogP contribution is 2.21. The van der Waals surface area contributed by atoms with E-state index in [2.05, 4.69) is 26.6 Å². The summed E-state index contributed by atoms with van der Waals surface area (Å²) >= 11 is 3.24. The fourth-order valence-corrected chi connectivity index (χ4v) is 1.73. The first-order valence-electron chi connectivity index (χ1n) is 5.62. The minimum atomic E-state index is -1.09. The Morgan fingerprint density at radius 1 is 1.37 bits per heavy atom. The van der Waals surface area contributed by atoms with Crippen LogP contribution in [0.25, 0.3) is 0 Å². The van der Waals surface area contributed by atoms with E-state index < -0.39 is 12.0 Å². The van der Waals surface area contributed by atoms with Gasteiger partial charge in [0, 0.05) is 17.6 Å². The molecular formula is C12H16BrN3O3. The van der Waals surface area contributed by atoms with Gasteiger partial charge in [-0.05, 0) is 32.3 Å². The van der Waals surface area contributed by atoms with Crippen molar-refractivity contribution in [3.63, 3.8) is 0 Å². The van der Waals surface area contributed by atoms with Crippen LogP contribution in [-0.2, 0) is 0 Å². The first-order valence-corrected chi connectivity index (χ1v) is 6.42. The maximum Gasteiger partial charge on any atom is 0.337 e. The number of benzene rings is 1. The molecule has 6 nitrogen and oxygen atoms in total. The van der Waals surface area contributed by atoms with Crippen LogP contribution in [-0.4, -0.2) is 49.2 Å². The Labute approximate surface area is 119 Å². The maximum absolute atomic E-state index is 11.6. The van der Waals surface area contributed by atoms with Gasteiger partial charge < -0.3 is 20.6 Å². The molecule has 7 heteroatoms. The number of urea groups is 1. The molecule has 0 aliphatic carbocycles. The smallest absolute Gasteiger partial charge is 0.337 e. The summed E-state index contributed by atoms with van der Waals surface area (Å²) in [7, 11) is 3.80. The second-order valence-corrected chi connectivity index (χ2v) is 5.09. The molecule has 0 spiro atoms. The maximum atomic E-state index is 11.6. The highest BCUT2D eigenvalue weighted by atomic mass is 79.9. The normalized spacial score (nSPS) is 10.3. The van der Waals surface area contributed by atoms with Crippen LogP contribution >= 0.6 is 15.9 Å². The van der Waals surface area contributed by atoms with Crippen molar-refractivity contribution in [2.24, 2.45) is 0 Å². The van der Waals surface area contributed by atoms with Gasteiger partial charge in [0.2, 0.25) is 0 Å². The van der Waals surface area contributed by atoms with Crippen LogP contribution in [0, 0.1) is 0 Å². The minimum absolute atomic E-state index is 0.0472. The zero-order valence-electron chi connectivity index (χ0n) is 10.7. The number of amides is 2. The summed E-state index contributed by atoms with van der Waals surface area (Å²) in [6, 6.07) is 4.16. The molecule has 1 aromatic rings. The third kappa shape index (κ3) is 5.27. The molecule has 0 saturated carbocycles. The van der Waals surface area contributed by atoms with Gasteiger partial charge in [-0.15, -0.1) is 0 Å². The number of rotatable bonds is 5. The summed E-state index contributed by atoms with van der Waals surface area (Å²) in [5.41, 5.74) is 0.301. The van der Waals surface area contributed by atoms with Crippen molar-refractivity contribution in [2.45, 2.75) is 0 Å². The molecule has 104 valence electrons. The molecule has 0 unspecified atom stereocenters. The molecule has 0 radical (unpaired) electrons. The Balaban J connectivity index is 2.67. The van der Waals surface area contributed by atoms with E-state index >= 15 is 0 Å². The predicted octanol–water partition coefficient (Wildman–Crippen LogP) is 1.83. The van der Waals surface area contributed by atoms with Crippen LogP contribution < -0.4 is 10.6 Å². The van der Waals surface area contributed by atoms with Crippen LogP contribution in [0.15, 0.2) is 22.7 Å². The molecule has 1 aromatic carbocycles. The van der Waals surface area contributed by atoms with Crippen molar-refractivity contribution < 1.29 is 14.7 Å². The Morgan fingerprint density at radius 2 is 2.05 bits per heavy atom. The van der Waals surface area contributed by atoms with Gasteiger partial charge in [-0.3, -0.25) is 0 Å². The number of carbonyl (C=O) groups is 2.